The quantitative estimate of drug-likeness (QED) is 0.630. The highest BCUT2D eigenvalue weighted by Crippen LogP contribution is 2.29. The molecule has 0 bridgehead atoms. The van der Waals surface area contributed by atoms with Crippen LogP contribution >= 0.6 is 11.6 Å². The van der Waals surface area contributed by atoms with E-state index in [0.717, 1.165) is 31.7 Å². The van der Waals surface area contributed by atoms with E-state index in [9.17, 15) is 13.2 Å². The van der Waals surface area contributed by atoms with E-state index in [1.54, 1.807) is 19.9 Å². The van der Waals surface area contributed by atoms with Gasteiger partial charge >= 0.3 is 0 Å². The second-order valence-electron chi connectivity index (χ2n) is 7.88. The maximum Gasteiger partial charge on any atom is 0.246 e. The molecule has 0 spiro atoms. The summed E-state index contributed by atoms with van der Waals surface area (Å²) in [5, 5.41) is 3.06. The lowest BCUT2D eigenvalue weighted by molar-refractivity contribution is -0.122. The number of likely N-dealkylation sites (N-methyl/N-ethyl adjacent to an activating group) is 1. The molecule has 174 valence electrons. The van der Waals surface area contributed by atoms with E-state index < -0.39 is 16.1 Å². The van der Waals surface area contributed by atoms with E-state index in [2.05, 4.69) is 22.2 Å². The molecule has 1 fully saturated rings. The van der Waals surface area contributed by atoms with Gasteiger partial charge in [0.25, 0.3) is 0 Å². The Kier molecular flexibility index (Phi) is 8.30. The van der Waals surface area contributed by atoms with Crippen LogP contribution in [-0.2, 0) is 14.8 Å². The van der Waals surface area contributed by atoms with Gasteiger partial charge in [-0.1, -0.05) is 55.8 Å². The SMILES string of the molecule is CCN(CC)S(=O)(=O)c1cc(NC(=O)C(c2ccccc2)N2CCN(C)CC2)ccc1Cl. The Hall–Kier alpha value is -1.97. The monoisotopic (exact) mass is 478 g/mol. The minimum Gasteiger partial charge on any atom is -0.324 e. The van der Waals surface area contributed by atoms with Crippen molar-refractivity contribution in [2.24, 2.45) is 0 Å². The Morgan fingerprint density at radius 1 is 1.06 bits per heavy atom. The van der Waals surface area contributed by atoms with Gasteiger partial charge in [-0.3, -0.25) is 9.69 Å². The van der Waals surface area contributed by atoms with Crippen molar-refractivity contribution in [1.29, 1.82) is 0 Å². The molecule has 7 nitrogen and oxygen atoms in total. The van der Waals surface area contributed by atoms with Gasteiger partial charge in [0.05, 0.1) is 5.02 Å². The topological polar surface area (TPSA) is 73.0 Å². The number of hydrogen-bond acceptors (Lipinski definition) is 5. The molecule has 3 rings (SSSR count). The van der Waals surface area contributed by atoms with Crippen molar-refractivity contribution in [2.45, 2.75) is 24.8 Å². The summed E-state index contributed by atoms with van der Waals surface area (Å²) in [5.74, 6) is -0.200. The number of hydrogen-bond donors (Lipinski definition) is 1. The van der Waals surface area contributed by atoms with Crippen LogP contribution < -0.4 is 5.32 Å². The molecule has 1 aliphatic heterocycles. The standard InChI is InChI=1S/C23H31ClN4O3S/c1-4-28(5-2)32(30,31)21-17-19(11-12-20(21)24)25-23(29)22(18-9-7-6-8-10-18)27-15-13-26(3)14-16-27/h6-12,17,22H,4-5,13-16H2,1-3H3,(H,25,29). The molecule has 1 atom stereocenters. The number of nitrogens with zero attached hydrogens (tertiary/aromatic N) is 3. The number of benzene rings is 2. The normalized spacial score (nSPS) is 16.8. The Labute approximate surface area is 196 Å². The second-order valence-corrected chi connectivity index (χ2v) is 10.2. The minimum atomic E-state index is -3.76. The van der Waals surface area contributed by atoms with Crippen molar-refractivity contribution >= 4 is 33.2 Å². The van der Waals surface area contributed by atoms with Crippen LogP contribution in [-0.4, -0.2) is 74.7 Å². The van der Waals surface area contributed by atoms with Gasteiger partial charge in [0, 0.05) is 45.0 Å². The lowest BCUT2D eigenvalue weighted by atomic mass is 10.0. The van der Waals surface area contributed by atoms with Crippen molar-refractivity contribution < 1.29 is 13.2 Å². The molecule has 1 amide bonds. The van der Waals surface area contributed by atoms with E-state index in [1.807, 2.05) is 30.3 Å². The molecule has 0 radical (unpaired) electrons. The van der Waals surface area contributed by atoms with E-state index >= 15 is 0 Å². The van der Waals surface area contributed by atoms with Crippen molar-refractivity contribution in [3.63, 3.8) is 0 Å². The third-order valence-electron chi connectivity index (χ3n) is 5.79. The van der Waals surface area contributed by atoms with Crippen molar-refractivity contribution in [3.8, 4) is 0 Å². The average Bonchev–Trinajstić information content (AvgIpc) is 2.78. The highest BCUT2D eigenvalue weighted by atomic mass is 35.5. The molecule has 32 heavy (non-hydrogen) atoms. The fourth-order valence-electron chi connectivity index (χ4n) is 3.94. The molecule has 1 saturated heterocycles. The maximum absolute atomic E-state index is 13.4. The first-order valence-corrected chi connectivity index (χ1v) is 12.7. The minimum absolute atomic E-state index is 0.00322. The van der Waals surface area contributed by atoms with Gasteiger partial charge in [-0.2, -0.15) is 4.31 Å². The van der Waals surface area contributed by atoms with Crippen molar-refractivity contribution in [2.75, 3.05) is 51.6 Å². The first-order chi connectivity index (χ1) is 15.3. The lowest BCUT2D eigenvalue weighted by Gasteiger charge is -2.37. The zero-order chi connectivity index (χ0) is 23.3. The number of amides is 1. The zero-order valence-corrected chi connectivity index (χ0v) is 20.4. The number of carbonyl (C=O) groups is 1. The highest BCUT2D eigenvalue weighted by molar-refractivity contribution is 7.89. The third kappa shape index (κ3) is 5.50. The van der Waals surface area contributed by atoms with Crippen molar-refractivity contribution in [1.82, 2.24) is 14.1 Å². The molecule has 1 N–H and O–H groups in total. The number of sulfonamides is 1. The molecule has 1 unspecified atom stereocenters. The average molecular weight is 479 g/mol. The van der Waals surface area contributed by atoms with Crippen LogP contribution in [0.3, 0.4) is 0 Å². The number of nitrogens with one attached hydrogen (secondary N) is 1. The predicted molar refractivity (Wildman–Crippen MR) is 128 cm³/mol. The van der Waals surface area contributed by atoms with E-state index in [0.29, 0.717) is 18.8 Å². The number of carbonyl (C=O) groups excluding carboxylic acids is 1. The van der Waals surface area contributed by atoms with Gasteiger partial charge in [-0.25, -0.2) is 8.42 Å². The zero-order valence-electron chi connectivity index (χ0n) is 18.8. The number of anilines is 1. The fourth-order valence-corrected chi connectivity index (χ4v) is 5.89. The predicted octanol–water partition coefficient (Wildman–Crippen LogP) is 3.30. The molecule has 1 aliphatic rings. The summed E-state index contributed by atoms with van der Waals surface area (Å²) in [5.41, 5.74) is 1.31. The van der Waals surface area contributed by atoms with Gasteiger partial charge in [0.2, 0.25) is 15.9 Å². The molecular weight excluding hydrogens is 448 g/mol. The summed E-state index contributed by atoms with van der Waals surface area (Å²) in [6.45, 7) is 7.53. The van der Waals surface area contributed by atoms with E-state index in [-0.39, 0.29) is 15.8 Å². The van der Waals surface area contributed by atoms with Crippen LogP contribution in [0, 0.1) is 0 Å². The number of rotatable bonds is 8. The fraction of sp³-hybridized carbons (Fsp3) is 0.435. The van der Waals surface area contributed by atoms with Crippen LogP contribution in [0.15, 0.2) is 53.4 Å². The molecule has 0 saturated carbocycles. The molecular formula is C23H31ClN4O3S. The van der Waals surface area contributed by atoms with Gasteiger partial charge < -0.3 is 10.2 Å². The number of halogens is 1. The molecule has 2 aromatic carbocycles. The molecule has 1 heterocycles. The smallest absolute Gasteiger partial charge is 0.246 e. The highest BCUT2D eigenvalue weighted by Gasteiger charge is 2.30. The van der Waals surface area contributed by atoms with Gasteiger partial charge in [-0.15, -0.1) is 0 Å². The number of piperazine rings is 1. The van der Waals surface area contributed by atoms with Crippen LogP contribution in [0.1, 0.15) is 25.5 Å². The van der Waals surface area contributed by atoms with Crippen LogP contribution in [0.25, 0.3) is 0 Å². The Morgan fingerprint density at radius 3 is 2.28 bits per heavy atom. The van der Waals surface area contributed by atoms with E-state index in [4.69, 9.17) is 11.6 Å². The summed E-state index contributed by atoms with van der Waals surface area (Å²) < 4.78 is 27.3. The summed E-state index contributed by atoms with van der Waals surface area (Å²) in [4.78, 5) is 17.8. The Morgan fingerprint density at radius 2 is 1.69 bits per heavy atom. The van der Waals surface area contributed by atoms with Crippen LogP contribution in [0.5, 0.6) is 0 Å². The lowest BCUT2D eigenvalue weighted by Crippen LogP contribution is -2.48. The van der Waals surface area contributed by atoms with Crippen LogP contribution in [0.2, 0.25) is 5.02 Å². The van der Waals surface area contributed by atoms with Gasteiger partial charge in [0.15, 0.2) is 0 Å². The summed E-state index contributed by atoms with van der Waals surface area (Å²) >= 11 is 6.24. The largest absolute Gasteiger partial charge is 0.324 e. The summed E-state index contributed by atoms with van der Waals surface area (Å²) in [6, 6.07) is 13.8. The Bertz CT molecular complexity index is 1020. The first kappa shape index (κ1) is 24.7. The summed E-state index contributed by atoms with van der Waals surface area (Å²) in [6.07, 6.45) is 0. The van der Waals surface area contributed by atoms with Crippen molar-refractivity contribution in [3.05, 3.63) is 59.1 Å². The molecule has 0 aromatic heterocycles. The Balaban J connectivity index is 1.90. The molecule has 9 heteroatoms. The van der Waals surface area contributed by atoms with Gasteiger partial charge in [-0.05, 0) is 30.8 Å². The maximum atomic E-state index is 13.4. The third-order valence-corrected chi connectivity index (χ3v) is 8.32. The van der Waals surface area contributed by atoms with Crippen LogP contribution in [0.4, 0.5) is 5.69 Å². The first-order valence-electron chi connectivity index (χ1n) is 10.9. The molecule has 2 aromatic rings. The summed E-state index contributed by atoms with van der Waals surface area (Å²) in [7, 11) is -1.69. The molecule has 0 aliphatic carbocycles. The second kappa shape index (κ2) is 10.8. The van der Waals surface area contributed by atoms with E-state index in [1.165, 1.54) is 16.4 Å². The van der Waals surface area contributed by atoms with Gasteiger partial charge in [0.1, 0.15) is 10.9 Å².